The Kier molecular flexibility index (Phi) is 3.00. The molecular weight excluding hydrogens is 256 g/mol. The smallest absolute Gasteiger partial charge is 0.0893 e. The maximum absolute atomic E-state index is 4.92. The molecule has 2 nitrogen and oxygen atoms in total. The van der Waals surface area contributed by atoms with Gasteiger partial charge in [-0.1, -0.05) is 36.4 Å². The molecule has 1 aliphatic carbocycles. The number of hydrogen-bond acceptors (Lipinski definition) is 2. The standard InChI is InChI=1S/C19H16N2/c1-2-9-16-14(6-1)7-5-8-15-11-12-18(21-19(15)16)17-10-3-4-13-20-17/h1-4,6,9-13H,5,7-8H2. The fourth-order valence-electron chi connectivity index (χ4n) is 3.02. The van der Waals surface area contributed by atoms with Gasteiger partial charge in [0.1, 0.15) is 0 Å². The third-order valence-electron chi connectivity index (χ3n) is 4.07. The van der Waals surface area contributed by atoms with Gasteiger partial charge < -0.3 is 0 Å². The number of hydrogen-bond donors (Lipinski definition) is 0. The fourth-order valence-corrected chi connectivity index (χ4v) is 3.02. The number of nitrogens with zero attached hydrogens (tertiary/aromatic N) is 2. The first kappa shape index (κ1) is 12.3. The zero-order chi connectivity index (χ0) is 14.1. The minimum Gasteiger partial charge on any atom is -0.255 e. The number of benzene rings is 1. The van der Waals surface area contributed by atoms with Crippen LogP contribution >= 0.6 is 0 Å². The average molecular weight is 272 g/mol. The van der Waals surface area contributed by atoms with E-state index in [2.05, 4.69) is 41.4 Å². The van der Waals surface area contributed by atoms with Gasteiger partial charge in [0.25, 0.3) is 0 Å². The predicted molar refractivity (Wildman–Crippen MR) is 84.9 cm³/mol. The molecule has 0 fully saturated rings. The summed E-state index contributed by atoms with van der Waals surface area (Å²) in [4.78, 5) is 9.34. The molecule has 0 saturated heterocycles. The zero-order valence-corrected chi connectivity index (χ0v) is 11.8. The van der Waals surface area contributed by atoms with Crippen LogP contribution < -0.4 is 0 Å². The summed E-state index contributed by atoms with van der Waals surface area (Å²) in [5.74, 6) is 0. The van der Waals surface area contributed by atoms with Crippen LogP contribution in [0.25, 0.3) is 22.6 Å². The molecule has 0 aliphatic heterocycles. The lowest BCUT2D eigenvalue weighted by Gasteiger charge is -2.10. The predicted octanol–water partition coefficient (Wildman–Crippen LogP) is 4.30. The second-order valence-electron chi connectivity index (χ2n) is 5.43. The number of rotatable bonds is 1. The van der Waals surface area contributed by atoms with Gasteiger partial charge in [-0.3, -0.25) is 4.98 Å². The van der Waals surface area contributed by atoms with E-state index < -0.39 is 0 Å². The lowest BCUT2D eigenvalue weighted by Crippen LogP contribution is -1.95. The summed E-state index contributed by atoms with van der Waals surface area (Å²) in [7, 11) is 0. The monoisotopic (exact) mass is 272 g/mol. The normalized spacial score (nSPS) is 13.1. The van der Waals surface area contributed by atoms with Gasteiger partial charge in [-0.15, -0.1) is 0 Å². The molecule has 0 amide bonds. The quantitative estimate of drug-likeness (QED) is 0.660. The zero-order valence-electron chi connectivity index (χ0n) is 11.8. The van der Waals surface area contributed by atoms with Crippen molar-refractivity contribution in [2.24, 2.45) is 0 Å². The highest BCUT2D eigenvalue weighted by Crippen LogP contribution is 2.32. The largest absolute Gasteiger partial charge is 0.255 e. The Balaban J connectivity index is 1.91. The van der Waals surface area contributed by atoms with Gasteiger partial charge in [0.05, 0.1) is 17.1 Å². The molecule has 0 N–H and O–H groups in total. The Labute approximate surface area is 124 Å². The third kappa shape index (κ3) is 2.23. The van der Waals surface area contributed by atoms with Crippen LogP contribution in [0.1, 0.15) is 17.5 Å². The Hall–Kier alpha value is -2.48. The van der Waals surface area contributed by atoms with E-state index in [9.17, 15) is 0 Å². The van der Waals surface area contributed by atoms with Crippen molar-refractivity contribution in [3.63, 3.8) is 0 Å². The molecule has 0 spiro atoms. The van der Waals surface area contributed by atoms with E-state index in [1.807, 2.05) is 24.4 Å². The van der Waals surface area contributed by atoms with Crippen molar-refractivity contribution < 1.29 is 0 Å². The number of aromatic nitrogens is 2. The van der Waals surface area contributed by atoms with E-state index in [1.165, 1.54) is 23.1 Å². The van der Waals surface area contributed by atoms with Crippen LogP contribution in [0.15, 0.2) is 60.8 Å². The van der Waals surface area contributed by atoms with Gasteiger partial charge in [-0.2, -0.15) is 0 Å². The summed E-state index contributed by atoms with van der Waals surface area (Å²) in [5.41, 5.74) is 7.05. The molecule has 4 rings (SSSR count). The van der Waals surface area contributed by atoms with Crippen LogP contribution in [-0.2, 0) is 12.8 Å². The topological polar surface area (TPSA) is 25.8 Å². The van der Waals surface area contributed by atoms with Gasteiger partial charge >= 0.3 is 0 Å². The highest BCUT2D eigenvalue weighted by atomic mass is 14.8. The van der Waals surface area contributed by atoms with Crippen LogP contribution in [0.2, 0.25) is 0 Å². The molecule has 0 radical (unpaired) electrons. The van der Waals surface area contributed by atoms with Crippen molar-refractivity contribution in [2.45, 2.75) is 19.3 Å². The first-order chi connectivity index (χ1) is 10.4. The Morgan fingerprint density at radius 3 is 2.48 bits per heavy atom. The second-order valence-corrected chi connectivity index (χ2v) is 5.43. The molecule has 1 aromatic carbocycles. The summed E-state index contributed by atoms with van der Waals surface area (Å²) < 4.78 is 0. The van der Waals surface area contributed by atoms with E-state index in [-0.39, 0.29) is 0 Å². The molecule has 0 atom stereocenters. The average Bonchev–Trinajstić information content (AvgIpc) is 2.74. The highest BCUT2D eigenvalue weighted by molar-refractivity contribution is 5.71. The second kappa shape index (κ2) is 5.13. The van der Waals surface area contributed by atoms with Gasteiger partial charge in [-0.25, -0.2) is 4.98 Å². The third-order valence-corrected chi connectivity index (χ3v) is 4.07. The van der Waals surface area contributed by atoms with Crippen molar-refractivity contribution in [1.82, 2.24) is 9.97 Å². The first-order valence-electron chi connectivity index (χ1n) is 7.41. The summed E-state index contributed by atoms with van der Waals surface area (Å²) >= 11 is 0. The van der Waals surface area contributed by atoms with Crippen molar-refractivity contribution in [1.29, 1.82) is 0 Å². The van der Waals surface area contributed by atoms with E-state index in [0.29, 0.717) is 0 Å². The molecule has 102 valence electrons. The van der Waals surface area contributed by atoms with E-state index in [1.54, 1.807) is 0 Å². The Morgan fingerprint density at radius 1 is 0.714 bits per heavy atom. The first-order valence-corrected chi connectivity index (χ1v) is 7.41. The number of aryl methyl sites for hydroxylation is 2. The summed E-state index contributed by atoms with van der Waals surface area (Å²) in [6.45, 7) is 0. The van der Waals surface area contributed by atoms with Gasteiger partial charge in [0.15, 0.2) is 0 Å². The number of pyridine rings is 2. The highest BCUT2D eigenvalue weighted by Gasteiger charge is 2.16. The molecular formula is C19H16N2. The lowest BCUT2D eigenvalue weighted by atomic mass is 10.0. The maximum Gasteiger partial charge on any atom is 0.0893 e. The van der Waals surface area contributed by atoms with Crippen LogP contribution in [-0.4, -0.2) is 9.97 Å². The van der Waals surface area contributed by atoms with Crippen LogP contribution in [0.4, 0.5) is 0 Å². The molecule has 0 bridgehead atoms. The number of fused-ring (bicyclic) bond motifs is 3. The summed E-state index contributed by atoms with van der Waals surface area (Å²) in [6.07, 6.45) is 5.23. The summed E-state index contributed by atoms with van der Waals surface area (Å²) in [6, 6.07) is 18.9. The molecule has 2 heterocycles. The minimum atomic E-state index is 0.932. The van der Waals surface area contributed by atoms with E-state index in [0.717, 1.165) is 29.9 Å². The fraction of sp³-hybridized carbons (Fsp3) is 0.158. The van der Waals surface area contributed by atoms with E-state index >= 15 is 0 Å². The molecule has 0 saturated carbocycles. The van der Waals surface area contributed by atoms with Gasteiger partial charge in [-0.05, 0) is 48.6 Å². The lowest BCUT2D eigenvalue weighted by molar-refractivity contribution is 0.833. The molecule has 3 aromatic rings. The van der Waals surface area contributed by atoms with Gasteiger partial charge in [0, 0.05) is 11.8 Å². The van der Waals surface area contributed by atoms with Crippen LogP contribution in [0, 0.1) is 0 Å². The van der Waals surface area contributed by atoms with Crippen LogP contribution in [0.3, 0.4) is 0 Å². The molecule has 1 aliphatic rings. The maximum atomic E-state index is 4.92. The Morgan fingerprint density at radius 2 is 1.57 bits per heavy atom. The summed E-state index contributed by atoms with van der Waals surface area (Å²) in [5, 5.41) is 0. The van der Waals surface area contributed by atoms with E-state index in [4.69, 9.17) is 4.98 Å². The van der Waals surface area contributed by atoms with Gasteiger partial charge in [0.2, 0.25) is 0 Å². The Bertz CT molecular complexity index is 779. The van der Waals surface area contributed by atoms with Crippen molar-refractivity contribution in [2.75, 3.05) is 0 Å². The molecule has 2 aromatic heterocycles. The van der Waals surface area contributed by atoms with Crippen LogP contribution in [0.5, 0.6) is 0 Å². The van der Waals surface area contributed by atoms with Crippen molar-refractivity contribution in [3.05, 3.63) is 71.9 Å². The SMILES string of the molecule is c1ccc(-c2ccc3c(n2)-c2ccccc2CCC3)nc1. The minimum absolute atomic E-state index is 0.932. The molecule has 0 unspecified atom stereocenters. The van der Waals surface area contributed by atoms with Crippen molar-refractivity contribution in [3.8, 4) is 22.6 Å². The molecule has 2 heteroatoms. The van der Waals surface area contributed by atoms with Crippen molar-refractivity contribution >= 4 is 0 Å². The molecule has 21 heavy (non-hydrogen) atoms.